The van der Waals surface area contributed by atoms with Gasteiger partial charge in [-0.25, -0.2) is 0 Å². The van der Waals surface area contributed by atoms with E-state index >= 15 is 0 Å². The summed E-state index contributed by atoms with van der Waals surface area (Å²) < 4.78 is 31.3. The normalized spacial score (nSPS) is 15.8. The van der Waals surface area contributed by atoms with Crippen LogP contribution in [0.3, 0.4) is 0 Å². The molecule has 0 fully saturated rings. The van der Waals surface area contributed by atoms with Crippen LogP contribution in [0.2, 0.25) is 0 Å². The van der Waals surface area contributed by atoms with Crippen molar-refractivity contribution in [2.75, 3.05) is 13.2 Å². The number of hydrogen-bond donors (Lipinski definition) is 0. The highest BCUT2D eigenvalue weighted by molar-refractivity contribution is 5.70. The van der Waals surface area contributed by atoms with Crippen LogP contribution in [0.15, 0.2) is 0 Å². The molecule has 154 valence electrons. The average molecular weight is 378 g/mol. The van der Waals surface area contributed by atoms with Gasteiger partial charge in [0.2, 0.25) is 12.6 Å². The monoisotopic (exact) mass is 378 g/mol. The quantitative estimate of drug-likeness (QED) is 0.244. The first-order valence-electron chi connectivity index (χ1n) is 9.21. The van der Waals surface area contributed by atoms with Crippen molar-refractivity contribution in [1.82, 2.24) is 0 Å². The topological polar surface area (TPSA) is 89.5 Å². The summed E-state index contributed by atoms with van der Waals surface area (Å²) in [6.07, 6.45) is -0.786. The Kier molecular flexibility index (Phi) is 14.2. The van der Waals surface area contributed by atoms with Crippen LogP contribution in [0.25, 0.3) is 0 Å². The highest BCUT2D eigenvalue weighted by Gasteiger charge is 2.15. The zero-order chi connectivity index (χ0) is 19.9. The highest BCUT2D eigenvalue weighted by atomic mass is 16.8. The maximum absolute atomic E-state index is 11.7. The lowest BCUT2D eigenvalue weighted by Gasteiger charge is -2.19. The number of unbranched alkanes of at least 4 members (excludes halogenated alkanes) is 1. The summed E-state index contributed by atoms with van der Waals surface area (Å²) in [7, 11) is 0. The van der Waals surface area contributed by atoms with Gasteiger partial charge in [0.25, 0.3) is 0 Å². The molecule has 0 heterocycles. The van der Waals surface area contributed by atoms with Crippen LogP contribution in [-0.4, -0.2) is 50.3 Å². The first-order valence-corrected chi connectivity index (χ1v) is 9.21. The second kappa shape index (κ2) is 14.9. The van der Waals surface area contributed by atoms with Crippen LogP contribution < -0.4 is 0 Å². The summed E-state index contributed by atoms with van der Waals surface area (Å²) >= 11 is 0. The number of esters is 2. The molecule has 0 aromatic heterocycles. The summed E-state index contributed by atoms with van der Waals surface area (Å²) in [5, 5.41) is 0. The fourth-order valence-corrected chi connectivity index (χ4v) is 2.17. The van der Waals surface area contributed by atoms with Crippen LogP contribution in [-0.2, 0) is 38.0 Å². The molecule has 0 saturated heterocycles. The van der Waals surface area contributed by atoms with E-state index in [1.54, 1.807) is 27.7 Å². The molecule has 0 bridgehead atoms. The Morgan fingerprint density at radius 2 is 1.00 bits per heavy atom. The molecular formula is C18H34O8. The van der Waals surface area contributed by atoms with Crippen molar-refractivity contribution in [3.05, 3.63) is 0 Å². The van der Waals surface area contributed by atoms with E-state index in [-0.39, 0.29) is 24.8 Å². The van der Waals surface area contributed by atoms with Crippen LogP contribution >= 0.6 is 0 Å². The standard InChI is InChI=1S/C18H34O8/c1-7-21-13(3)23-15(5)25-17(19)11-9-10-12-18(20)26-16(6)24-14(4)22-8-2/h13-16H,7-12H2,1-6H3. The Balaban J connectivity index is 3.80. The molecule has 0 aliphatic rings. The van der Waals surface area contributed by atoms with Crippen LogP contribution in [0.4, 0.5) is 0 Å². The fraction of sp³-hybridized carbons (Fsp3) is 0.889. The molecule has 0 amide bonds. The molecule has 0 aromatic carbocycles. The highest BCUT2D eigenvalue weighted by Crippen LogP contribution is 2.08. The summed E-state index contributed by atoms with van der Waals surface area (Å²) in [5.74, 6) is -0.756. The molecule has 8 heteroatoms. The maximum atomic E-state index is 11.7. The van der Waals surface area contributed by atoms with E-state index in [0.29, 0.717) is 26.1 Å². The van der Waals surface area contributed by atoms with Crippen molar-refractivity contribution < 1.29 is 38.0 Å². The predicted octanol–water partition coefficient (Wildman–Crippen LogP) is 3.12. The van der Waals surface area contributed by atoms with Gasteiger partial charge in [0.15, 0.2) is 12.6 Å². The van der Waals surface area contributed by atoms with Crippen LogP contribution in [0.5, 0.6) is 0 Å². The van der Waals surface area contributed by atoms with Gasteiger partial charge < -0.3 is 28.4 Å². The van der Waals surface area contributed by atoms with Crippen molar-refractivity contribution in [2.45, 2.75) is 92.4 Å². The lowest BCUT2D eigenvalue weighted by Crippen LogP contribution is -2.25. The minimum atomic E-state index is -0.681. The summed E-state index contributed by atoms with van der Waals surface area (Å²) in [6.45, 7) is 11.5. The molecular weight excluding hydrogens is 344 g/mol. The SMILES string of the molecule is CCOC(C)OC(C)OC(=O)CCCCC(=O)OC(C)OC(C)OCC. The van der Waals surface area contributed by atoms with Gasteiger partial charge in [0.1, 0.15) is 0 Å². The van der Waals surface area contributed by atoms with Crippen molar-refractivity contribution >= 4 is 11.9 Å². The Bertz CT molecular complexity index is 351. The molecule has 0 N–H and O–H groups in total. The molecule has 4 unspecified atom stereocenters. The van der Waals surface area contributed by atoms with Gasteiger partial charge in [0, 0.05) is 26.1 Å². The van der Waals surface area contributed by atoms with Crippen molar-refractivity contribution in [3.8, 4) is 0 Å². The number of hydrogen-bond acceptors (Lipinski definition) is 8. The molecule has 8 nitrogen and oxygen atoms in total. The van der Waals surface area contributed by atoms with Gasteiger partial charge in [0.05, 0.1) is 0 Å². The largest absolute Gasteiger partial charge is 0.436 e. The molecule has 4 atom stereocenters. The zero-order valence-electron chi connectivity index (χ0n) is 16.8. The number of carbonyl (C=O) groups excluding carboxylic acids is 2. The number of carbonyl (C=O) groups is 2. The van der Waals surface area contributed by atoms with Gasteiger partial charge in [-0.3, -0.25) is 9.59 Å². The van der Waals surface area contributed by atoms with Gasteiger partial charge >= 0.3 is 11.9 Å². The molecule has 0 aromatic rings. The zero-order valence-corrected chi connectivity index (χ0v) is 16.8. The van der Waals surface area contributed by atoms with E-state index in [2.05, 4.69) is 0 Å². The van der Waals surface area contributed by atoms with E-state index < -0.39 is 25.2 Å². The van der Waals surface area contributed by atoms with Crippen molar-refractivity contribution in [1.29, 1.82) is 0 Å². The van der Waals surface area contributed by atoms with Crippen LogP contribution in [0, 0.1) is 0 Å². The molecule has 0 radical (unpaired) electrons. The smallest absolute Gasteiger partial charge is 0.308 e. The lowest BCUT2D eigenvalue weighted by atomic mass is 10.2. The second-order valence-corrected chi connectivity index (χ2v) is 5.64. The Hall–Kier alpha value is -1.22. The molecule has 0 saturated carbocycles. The van der Waals surface area contributed by atoms with Gasteiger partial charge in [-0.05, 0) is 54.4 Å². The van der Waals surface area contributed by atoms with Gasteiger partial charge in [-0.15, -0.1) is 0 Å². The average Bonchev–Trinajstić information content (AvgIpc) is 2.51. The predicted molar refractivity (Wildman–Crippen MR) is 93.9 cm³/mol. The molecule has 0 aliphatic carbocycles. The molecule has 0 rings (SSSR count). The first-order chi connectivity index (χ1) is 12.3. The van der Waals surface area contributed by atoms with E-state index in [4.69, 9.17) is 28.4 Å². The van der Waals surface area contributed by atoms with E-state index in [9.17, 15) is 9.59 Å². The Labute approximate surface area is 156 Å². The summed E-state index contributed by atoms with van der Waals surface area (Å²) in [4.78, 5) is 23.4. The third kappa shape index (κ3) is 14.0. The third-order valence-electron chi connectivity index (χ3n) is 3.18. The summed E-state index contributed by atoms with van der Waals surface area (Å²) in [5.41, 5.74) is 0. The van der Waals surface area contributed by atoms with E-state index in [0.717, 1.165) is 0 Å². The fourth-order valence-electron chi connectivity index (χ4n) is 2.17. The lowest BCUT2D eigenvalue weighted by molar-refractivity contribution is -0.229. The molecule has 0 aliphatic heterocycles. The molecule has 26 heavy (non-hydrogen) atoms. The Morgan fingerprint density at radius 3 is 1.31 bits per heavy atom. The minimum absolute atomic E-state index is 0.206. The maximum Gasteiger partial charge on any atom is 0.308 e. The van der Waals surface area contributed by atoms with Crippen LogP contribution in [0.1, 0.15) is 67.2 Å². The van der Waals surface area contributed by atoms with E-state index in [1.165, 1.54) is 0 Å². The first kappa shape index (κ1) is 24.8. The van der Waals surface area contributed by atoms with Gasteiger partial charge in [-0.1, -0.05) is 0 Å². The van der Waals surface area contributed by atoms with Gasteiger partial charge in [-0.2, -0.15) is 0 Å². The second-order valence-electron chi connectivity index (χ2n) is 5.64. The Morgan fingerprint density at radius 1 is 0.654 bits per heavy atom. The number of ether oxygens (including phenoxy) is 6. The minimum Gasteiger partial charge on any atom is -0.436 e. The summed E-state index contributed by atoms with van der Waals surface area (Å²) in [6, 6.07) is 0. The third-order valence-corrected chi connectivity index (χ3v) is 3.18. The number of rotatable bonds is 15. The van der Waals surface area contributed by atoms with E-state index in [1.807, 2.05) is 13.8 Å². The van der Waals surface area contributed by atoms with Crippen molar-refractivity contribution in [2.24, 2.45) is 0 Å². The van der Waals surface area contributed by atoms with Crippen molar-refractivity contribution in [3.63, 3.8) is 0 Å². The molecule has 0 spiro atoms.